The largest absolute Gasteiger partial charge is 0.463 e. The van der Waals surface area contributed by atoms with Crippen molar-refractivity contribution in [1.29, 1.82) is 0 Å². The Morgan fingerprint density at radius 3 is 2.85 bits per heavy atom. The van der Waals surface area contributed by atoms with Gasteiger partial charge in [0.2, 0.25) is 0 Å². The number of allylic oxidation sites excluding steroid dienone is 1. The van der Waals surface area contributed by atoms with Gasteiger partial charge in [-0.15, -0.1) is 0 Å². The highest BCUT2D eigenvalue weighted by atomic mass is 32.1. The van der Waals surface area contributed by atoms with Crippen LogP contribution in [0.4, 0.5) is 0 Å². The molecule has 1 aromatic carbocycles. The molecule has 0 aromatic heterocycles. The first-order chi connectivity index (χ1) is 12.5. The van der Waals surface area contributed by atoms with Crippen molar-refractivity contribution < 1.29 is 9.53 Å². The molecule has 138 valence electrons. The maximum atomic E-state index is 12.3. The molecule has 0 radical (unpaired) electrons. The van der Waals surface area contributed by atoms with Gasteiger partial charge in [0, 0.05) is 17.1 Å². The number of esters is 1. The topological polar surface area (TPSA) is 29.5 Å². The molecule has 0 saturated heterocycles. The SMILES string of the molecule is CCc1ccccc1C(=S)C1C=CC2=CC(C(=O)OC(C)C)CCCN21. The van der Waals surface area contributed by atoms with Crippen LogP contribution in [0.5, 0.6) is 0 Å². The molecule has 0 saturated carbocycles. The highest BCUT2D eigenvalue weighted by Gasteiger charge is 2.32. The van der Waals surface area contributed by atoms with Crippen molar-refractivity contribution in [2.75, 3.05) is 6.54 Å². The molecule has 0 N–H and O–H groups in total. The second kappa shape index (κ2) is 8.17. The van der Waals surface area contributed by atoms with Crippen LogP contribution in [0.1, 0.15) is 44.7 Å². The second-order valence-corrected chi connectivity index (χ2v) is 7.64. The fourth-order valence-corrected chi connectivity index (χ4v) is 4.11. The van der Waals surface area contributed by atoms with E-state index >= 15 is 0 Å². The molecule has 4 heteroatoms. The van der Waals surface area contributed by atoms with E-state index in [1.54, 1.807) is 0 Å². The summed E-state index contributed by atoms with van der Waals surface area (Å²) in [6, 6.07) is 8.48. The molecule has 0 aliphatic carbocycles. The number of carbonyl (C=O) groups is 1. The number of aryl methyl sites for hydroxylation is 1. The first kappa shape index (κ1) is 18.8. The number of thiocarbonyl (C=S) groups is 1. The van der Waals surface area contributed by atoms with Crippen molar-refractivity contribution in [3.63, 3.8) is 0 Å². The van der Waals surface area contributed by atoms with Gasteiger partial charge in [0.05, 0.1) is 18.1 Å². The Kier molecular flexibility index (Phi) is 5.92. The average Bonchev–Trinajstić information content (AvgIpc) is 2.89. The van der Waals surface area contributed by atoms with E-state index in [9.17, 15) is 4.79 Å². The van der Waals surface area contributed by atoms with Crippen molar-refractivity contribution in [2.45, 2.75) is 52.2 Å². The molecule has 2 unspecified atom stereocenters. The van der Waals surface area contributed by atoms with Gasteiger partial charge in [-0.2, -0.15) is 0 Å². The van der Waals surface area contributed by atoms with E-state index in [2.05, 4.69) is 54.3 Å². The van der Waals surface area contributed by atoms with Crippen molar-refractivity contribution in [3.8, 4) is 0 Å². The summed E-state index contributed by atoms with van der Waals surface area (Å²) in [5, 5.41) is 0. The standard InChI is InChI=1S/C22H27NO2S/c1-4-16-8-5-6-10-19(16)21(26)20-12-11-18-14-17(9-7-13-23(18)20)22(24)25-15(2)3/h5-6,8,10-12,14-15,17,20H,4,7,9,13H2,1-3H3. The zero-order valence-electron chi connectivity index (χ0n) is 15.8. The zero-order valence-corrected chi connectivity index (χ0v) is 16.6. The van der Waals surface area contributed by atoms with Crippen LogP contribution in [-0.2, 0) is 16.0 Å². The summed E-state index contributed by atoms with van der Waals surface area (Å²) < 4.78 is 5.42. The fourth-order valence-electron chi connectivity index (χ4n) is 3.70. The first-order valence-electron chi connectivity index (χ1n) is 9.50. The summed E-state index contributed by atoms with van der Waals surface area (Å²) in [7, 11) is 0. The minimum Gasteiger partial charge on any atom is -0.463 e. The third-order valence-electron chi connectivity index (χ3n) is 4.99. The quantitative estimate of drug-likeness (QED) is 0.436. The van der Waals surface area contributed by atoms with Crippen LogP contribution >= 0.6 is 12.2 Å². The normalized spacial score (nSPS) is 22.0. The predicted octanol–water partition coefficient (Wildman–Crippen LogP) is 4.45. The molecule has 2 aliphatic heterocycles. The summed E-state index contributed by atoms with van der Waals surface area (Å²) in [6.07, 6.45) is 8.99. The van der Waals surface area contributed by atoms with E-state index in [0.717, 1.165) is 36.4 Å². The number of hydrogen-bond donors (Lipinski definition) is 0. The molecular weight excluding hydrogens is 342 g/mol. The van der Waals surface area contributed by atoms with Crippen LogP contribution in [0.25, 0.3) is 0 Å². The second-order valence-electron chi connectivity index (χ2n) is 7.20. The van der Waals surface area contributed by atoms with Gasteiger partial charge in [-0.1, -0.05) is 49.5 Å². The van der Waals surface area contributed by atoms with E-state index in [-0.39, 0.29) is 24.0 Å². The van der Waals surface area contributed by atoms with Crippen LogP contribution in [0.3, 0.4) is 0 Å². The number of rotatable bonds is 5. The molecule has 0 amide bonds. The molecule has 2 aliphatic rings. The number of ether oxygens (including phenoxy) is 1. The zero-order chi connectivity index (χ0) is 18.7. The molecule has 2 atom stereocenters. The summed E-state index contributed by atoms with van der Waals surface area (Å²) in [6.45, 7) is 6.85. The van der Waals surface area contributed by atoms with Gasteiger partial charge >= 0.3 is 5.97 Å². The number of hydrogen-bond acceptors (Lipinski definition) is 4. The third-order valence-corrected chi connectivity index (χ3v) is 5.45. The van der Waals surface area contributed by atoms with E-state index in [1.807, 2.05) is 13.8 Å². The fraction of sp³-hybridized carbons (Fsp3) is 0.455. The molecule has 3 rings (SSSR count). The average molecular weight is 370 g/mol. The smallest absolute Gasteiger partial charge is 0.313 e. The molecule has 0 fully saturated rings. The first-order valence-corrected chi connectivity index (χ1v) is 9.91. The van der Waals surface area contributed by atoms with Gasteiger partial charge in [-0.3, -0.25) is 4.79 Å². The van der Waals surface area contributed by atoms with Crippen molar-refractivity contribution in [3.05, 3.63) is 59.3 Å². The van der Waals surface area contributed by atoms with Crippen LogP contribution < -0.4 is 0 Å². The van der Waals surface area contributed by atoms with Crippen LogP contribution in [0.2, 0.25) is 0 Å². The lowest BCUT2D eigenvalue weighted by atomic mass is 9.98. The highest BCUT2D eigenvalue weighted by molar-refractivity contribution is 7.81. The molecule has 1 aromatic rings. The maximum Gasteiger partial charge on any atom is 0.313 e. The maximum absolute atomic E-state index is 12.3. The summed E-state index contributed by atoms with van der Waals surface area (Å²) in [5.74, 6) is -0.289. The van der Waals surface area contributed by atoms with Gasteiger partial charge in [-0.25, -0.2) is 0 Å². The van der Waals surface area contributed by atoms with Crippen molar-refractivity contribution in [2.24, 2.45) is 5.92 Å². The monoisotopic (exact) mass is 369 g/mol. The Morgan fingerprint density at radius 2 is 2.12 bits per heavy atom. The van der Waals surface area contributed by atoms with Gasteiger partial charge in [-0.05, 0) is 56.4 Å². The van der Waals surface area contributed by atoms with Crippen molar-refractivity contribution >= 4 is 23.1 Å². The van der Waals surface area contributed by atoms with E-state index in [1.165, 1.54) is 11.1 Å². The summed E-state index contributed by atoms with van der Waals surface area (Å²) in [4.78, 5) is 15.6. The third kappa shape index (κ3) is 3.90. The minimum absolute atomic E-state index is 0.0785. The lowest BCUT2D eigenvalue weighted by Crippen LogP contribution is -2.35. The Labute approximate surface area is 161 Å². The molecule has 2 heterocycles. The van der Waals surface area contributed by atoms with Gasteiger partial charge in [0.1, 0.15) is 0 Å². The summed E-state index contributed by atoms with van der Waals surface area (Å²) >= 11 is 5.87. The van der Waals surface area contributed by atoms with Crippen molar-refractivity contribution in [1.82, 2.24) is 4.90 Å². The Bertz CT molecular complexity index is 750. The highest BCUT2D eigenvalue weighted by Crippen LogP contribution is 2.30. The molecule has 0 spiro atoms. The molecule has 26 heavy (non-hydrogen) atoms. The lowest BCUT2D eigenvalue weighted by molar-refractivity contribution is -0.150. The Hall–Kier alpha value is -1.94. The number of fused-ring (bicyclic) bond motifs is 1. The van der Waals surface area contributed by atoms with E-state index in [4.69, 9.17) is 17.0 Å². The van der Waals surface area contributed by atoms with E-state index in [0.29, 0.717) is 0 Å². The Balaban J connectivity index is 1.81. The number of benzene rings is 1. The van der Waals surface area contributed by atoms with E-state index < -0.39 is 0 Å². The predicted molar refractivity (Wildman–Crippen MR) is 109 cm³/mol. The van der Waals surface area contributed by atoms with Crippen LogP contribution in [0.15, 0.2) is 48.2 Å². The Morgan fingerprint density at radius 1 is 1.35 bits per heavy atom. The van der Waals surface area contributed by atoms with Crippen LogP contribution in [-0.4, -0.2) is 34.4 Å². The molecule has 0 bridgehead atoms. The molecular formula is C22H27NO2S. The van der Waals surface area contributed by atoms with Gasteiger partial charge < -0.3 is 9.64 Å². The molecule has 3 nitrogen and oxygen atoms in total. The van der Waals surface area contributed by atoms with Crippen LogP contribution in [0, 0.1) is 5.92 Å². The minimum atomic E-state index is -0.169. The summed E-state index contributed by atoms with van der Waals surface area (Å²) in [5.41, 5.74) is 3.55. The van der Waals surface area contributed by atoms with Gasteiger partial charge in [0.25, 0.3) is 0 Å². The lowest BCUT2D eigenvalue weighted by Gasteiger charge is -2.28. The van der Waals surface area contributed by atoms with Gasteiger partial charge in [0.15, 0.2) is 0 Å². The number of nitrogens with zero attached hydrogens (tertiary/aromatic N) is 1. The number of carbonyl (C=O) groups excluding carboxylic acids is 1.